The van der Waals surface area contributed by atoms with E-state index < -0.39 is 0 Å². The Kier molecular flexibility index (Phi) is 1.88. The summed E-state index contributed by atoms with van der Waals surface area (Å²) in [7, 11) is 0. The minimum atomic E-state index is 0.729. The second kappa shape index (κ2) is 3.04. The first kappa shape index (κ1) is 8.03. The van der Waals surface area contributed by atoms with Crippen LogP contribution in [0.25, 0.3) is 5.57 Å². The van der Waals surface area contributed by atoms with Gasteiger partial charge in [0.1, 0.15) is 0 Å². The van der Waals surface area contributed by atoms with Crippen molar-refractivity contribution in [1.82, 2.24) is 0 Å². The van der Waals surface area contributed by atoms with Gasteiger partial charge in [-0.1, -0.05) is 12.6 Å². The summed E-state index contributed by atoms with van der Waals surface area (Å²) in [6, 6.07) is 6.11. The van der Waals surface area contributed by atoms with E-state index in [2.05, 4.69) is 12.6 Å². The number of nitrogens with zero attached hydrogens (tertiary/aromatic N) is 1. The quantitative estimate of drug-likeness (QED) is 0.694. The monoisotopic (exact) mass is 185 g/mol. The smallest absolute Gasteiger partial charge is 0.0992 e. The van der Waals surface area contributed by atoms with E-state index >= 15 is 0 Å². The van der Waals surface area contributed by atoms with Crippen LogP contribution >= 0.6 is 11.3 Å². The van der Waals surface area contributed by atoms with Gasteiger partial charge in [0.2, 0.25) is 0 Å². The number of hydrogen-bond donors (Lipinski definition) is 0. The van der Waals surface area contributed by atoms with Crippen molar-refractivity contribution in [2.45, 2.75) is 0 Å². The van der Waals surface area contributed by atoms with E-state index in [-0.39, 0.29) is 0 Å². The van der Waals surface area contributed by atoms with E-state index in [0.717, 1.165) is 16.7 Å². The molecular weight excluding hydrogens is 178 g/mol. The van der Waals surface area contributed by atoms with Crippen LogP contribution in [0.15, 0.2) is 47.4 Å². The van der Waals surface area contributed by atoms with Gasteiger partial charge in [-0.2, -0.15) is 5.26 Å². The Morgan fingerprint density at radius 2 is 2.23 bits per heavy atom. The molecule has 2 rings (SSSR count). The molecule has 0 saturated carbocycles. The fourth-order valence-corrected chi connectivity index (χ4v) is 1.87. The maximum Gasteiger partial charge on any atom is 0.0992 e. The van der Waals surface area contributed by atoms with Gasteiger partial charge in [-0.25, -0.2) is 0 Å². The zero-order valence-corrected chi connectivity index (χ0v) is 7.77. The number of hydrogen-bond acceptors (Lipinski definition) is 2. The van der Waals surface area contributed by atoms with Crippen LogP contribution < -0.4 is 0 Å². The van der Waals surface area contributed by atoms with E-state index in [9.17, 15) is 0 Å². The highest BCUT2D eigenvalue weighted by atomic mass is 32.1. The van der Waals surface area contributed by atoms with Crippen LogP contribution in [0.1, 0.15) is 4.88 Å². The molecule has 1 aromatic heterocycles. The van der Waals surface area contributed by atoms with Crippen LogP contribution in [0, 0.1) is 11.3 Å². The van der Waals surface area contributed by atoms with Crippen molar-refractivity contribution >= 4 is 16.9 Å². The maximum absolute atomic E-state index is 8.53. The van der Waals surface area contributed by atoms with Gasteiger partial charge >= 0.3 is 0 Å². The highest BCUT2D eigenvalue weighted by Gasteiger charge is 2.12. The zero-order valence-electron chi connectivity index (χ0n) is 6.95. The molecule has 2 heteroatoms. The number of allylic oxidation sites excluding steroid dienone is 5. The predicted molar refractivity (Wildman–Crippen MR) is 55.1 cm³/mol. The second-order valence-electron chi connectivity index (χ2n) is 2.77. The maximum atomic E-state index is 8.53. The summed E-state index contributed by atoms with van der Waals surface area (Å²) in [5.74, 6) is 0. The highest BCUT2D eigenvalue weighted by Crippen LogP contribution is 2.31. The summed E-state index contributed by atoms with van der Waals surface area (Å²) in [6.07, 6.45) is 3.73. The van der Waals surface area contributed by atoms with E-state index in [1.165, 1.54) is 4.88 Å². The molecule has 0 atom stereocenters. The lowest BCUT2D eigenvalue weighted by Gasteiger charge is -2.11. The van der Waals surface area contributed by atoms with Crippen molar-refractivity contribution < 1.29 is 0 Å². The third kappa shape index (κ3) is 1.34. The molecule has 1 aliphatic rings. The van der Waals surface area contributed by atoms with Crippen molar-refractivity contribution in [2.24, 2.45) is 0 Å². The molecule has 1 heterocycles. The Balaban J connectivity index is 2.16. The van der Waals surface area contributed by atoms with Crippen molar-refractivity contribution in [2.75, 3.05) is 0 Å². The van der Waals surface area contributed by atoms with Gasteiger partial charge < -0.3 is 0 Å². The van der Waals surface area contributed by atoms with E-state index in [1.54, 1.807) is 11.3 Å². The molecule has 13 heavy (non-hydrogen) atoms. The normalized spacial score (nSPS) is 13.8. The predicted octanol–water partition coefficient (Wildman–Crippen LogP) is 3.15. The summed E-state index contributed by atoms with van der Waals surface area (Å²) in [5, 5.41) is 10.5. The number of thiophene rings is 1. The minimum absolute atomic E-state index is 0.729. The third-order valence-electron chi connectivity index (χ3n) is 1.92. The average Bonchev–Trinajstić information content (AvgIpc) is 2.53. The van der Waals surface area contributed by atoms with Crippen LogP contribution in [-0.4, -0.2) is 0 Å². The molecule has 0 radical (unpaired) electrons. The Labute approximate surface area is 80.9 Å². The van der Waals surface area contributed by atoms with Crippen LogP contribution in [0.2, 0.25) is 0 Å². The second-order valence-corrected chi connectivity index (χ2v) is 3.71. The molecule has 0 aromatic carbocycles. The van der Waals surface area contributed by atoms with E-state index in [0.29, 0.717) is 0 Å². The molecule has 0 amide bonds. The fraction of sp³-hybridized carbons (Fsp3) is 0. The van der Waals surface area contributed by atoms with Crippen molar-refractivity contribution in [1.29, 1.82) is 5.26 Å². The van der Waals surface area contributed by atoms with Gasteiger partial charge in [0.25, 0.3) is 0 Å². The van der Waals surface area contributed by atoms with Gasteiger partial charge in [0.15, 0.2) is 0 Å². The Morgan fingerprint density at radius 3 is 2.77 bits per heavy atom. The summed E-state index contributed by atoms with van der Waals surface area (Å²) >= 11 is 1.66. The first-order valence-corrected chi connectivity index (χ1v) is 4.76. The van der Waals surface area contributed by atoms with Gasteiger partial charge in [0.05, 0.1) is 11.6 Å². The summed E-state index contributed by atoms with van der Waals surface area (Å²) in [4.78, 5) is 1.17. The molecule has 0 saturated heterocycles. The van der Waals surface area contributed by atoms with Crippen LogP contribution in [0.3, 0.4) is 0 Å². The molecule has 0 bridgehead atoms. The summed E-state index contributed by atoms with van der Waals surface area (Å²) in [6.45, 7) is 3.98. The molecule has 1 nitrogen and oxygen atoms in total. The van der Waals surface area contributed by atoms with Gasteiger partial charge in [-0.15, -0.1) is 11.3 Å². The molecule has 1 aliphatic carbocycles. The Hall–Kier alpha value is -1.59. The van der Waals surface area contributed by atoms with Crippen LogP contribution in [0.5, 0.6) is 0 Å². The first-order chi connectivity index (χ1) is 6.31. The van der Waals surface area contributed by atoms with Crippen LogP contribution in [0.4, 0.5) is 0 Å². The first-order valence-electron chi connectivity index (χ1n) is 3.88. The summed E-state index contributed by atoms with van der Waals surface area (Å²) in [5.41, 5.74) is 2.81. The molecule has 0 N–H and O–H groups in total. The van der Waals surface area contributed by atoms with E-state index in [4.69, 9.17) is 5.26 Å². The van der Waals surface area contributed by atoms with Crippen molar-refractivity contribution in [3.63, 3.8) is 0 Å². The largest absolute Gasteiger partial charge is 0.192 e. The van der Waals surface area contributed by atoms with Gasteiger partial charge in [-0.3, -0.25) is 0 Å². The Morgan fingerprint density at radius 1 is 1.46 bits per heavy atom. The molecule has 0 spiro atoms. The van der Waals surface area contributed by atoms with E-state index in [1.807, 2.05) is 29.7 Å². The average molecular weight is 185 g/mol. The zero-order chi connectivity index (χ0) is 9.26. The lowest BCUT2D eigenvalue weighted by Crippen LogP contribution is -1.93. The third-order valence-corrected chi connectivity index (χ3v) is 2.85. The topological polar surface area (TPSA) is 23.8 Å². The highest BCUT2D eigenvalue weighted by molar-refractivity contribution is 7.11. The van der Waals surface area contributed by atoms with Crippen LogP contribution in [-0.2, 0) is 0 Å². The van der Waals surface area contributed by atoms with Gasteiger partial charge in [-0.05, 0) is 34.7 Å². The number of nitriles is 1. The molecular formula is C11H7NS. The molecule has 0 unspecified atom stereocenters. The molecule has 1 aromatic rings. The Bertz CT molecular complexity index is 441. The molecule has 0 fully saturated rings. The standard InChI is InChI=1S/C11H7NS/c1-8(11-3-2-4-13-11)10-5-9(6-10)7-12/h2-6H,1H2. The van der Waals surface area contributed by atoms with Crippen molar-refractivity contribution in [3.05, 3.63) is 52.3 Å². The fourth-order valence-electron chi connectivity index (χ4n) is 1.15. The molecule has 0 aliphatic heterocycles. The van der Waals surface area contributed by atoms with Gasteiger partial charge in [0, 0.05) is 4.88 Å². The lowest BCUT2D eigenvalue weighted by atomic mass is 9.94. The summed E-state index contributed by atoms with van der Waals surface area (Å²) < 4.78 is 0. The lowest BCUT2D eigenvalue weighted by molar-refractivity contribution is 1.44. The minimum Gasteiger partial charge on any atom is -0.192 e. The molecule has 62 valence electrons. The van der Waals surface area contributed by atoms with Crippen molar-refractivity contribution in [3.8, 4) is 6.07 Å². The number of rotatable bonds is 2. The SMILES string of the molecule is C=C(C1=CC(C#N)=C1)c1cccs1.